The quantitative estimate of drug-likeness (QED) is 0.659. The minimum atomic E-state index is -1.13. The van der Waals surface area contributed by atoms with Gasteiger partial charge in [-0.25, -0.2) is 9.31 Å². The molecule has 0 spiro atoms. The third-order valence-corrected chi connectivity index (χ3v) is 3.41. The normalized spacial score (nSPS) is 10.8. The Morgan fingerprint density at radius 1 is 1.12 bits per heavy atom. The number of anilines is 2. The number of aromatic carboxylic acids is 1. The van der Waals surface area contributed by atoms with Crippen molar-refractivity contribution in [3.8, 4) is 0 Å². The Bertz CT molecular complexity index is 934. The Morgan fingerprint density at radius 3 is 2.48 bits per heavy atom. The van der Waals surface area contributed by atoms with Crippen LogP contribution in [0.15, 0.2) is 42.5 Å². The van der Waals surface area contributed by atoms with Crippen molar-refractivity contribution in [2.75, 3.05) is 10.6 Å². The van der Waals surface area contributed by atoms with Gasteiger partial charge >= 0.3 is 5.97 Å². The van der Waals surface area contributed by atoms with Gasteiger partial charge in [-0.3, -0.25) is 10.1 Å². The molecule has 1 amide bonds. The van der Waals surface area contributed by atoms with Gasteiger partial charge in [0.1, 0.15) is 0 Å². The molecule has 3 aromatic rings. The third kappa shape index (κ3) is 3.42. The largest absolute Gasteiger partial charge is 0.477 e. The van der Waals surface area contributed by atoms with Crippen LogP contribution in [0.5, 0.6) is 0 Å². The molecule has 0 radical (unpaired) electrons. The molecule has 0 saturated carbocycles. The van der Waals surface area contributed by atoms with Gasteiger partial charge in [-0.05, 0) is 38.1 Å². The molecule has 2 heterocycles. The predicted molar refractivity (Wildman–Crippen MR) is 93.1 cm³/mol. The number of carboxylic acid groups (broad SMARTS) is 1. The summed E-state index contributed by atoms with van der Waals surface area (Å²) in [5.41, 5.74) is 1.38. The zero-order valence-corrected chi connectivity index (χ0v) is 13.7. The van der Waals surface area contributed by atoms with Gasteiger partial charge in [0.25, 0.3) is 5.91 Å². The van der Waals surface area contributed by atoms with E-state index in [1.807, 2.05) is 19.9 Å². The van der Waals surface area contributed by atoms with Crippen LogP contribution in [0.25, 0.3) is 5.65 Å². The highest BCUT2D eigenvalue weighted by atomic mass is 16.4. The van der Waals surface area contributed by atoms with Crippen LogP contribution in [0.2, 0.25) is 0 Å². The topological polar surface area (TPSA) is 109 Å². The monoisotopic (exact) mass is 339 g/mol. The summed E-state index contributed by atoms with van der Waals surface area (Å²) >= 11 is 0. The third-order valence-electron chi connectivity index (χ3n) is 3.41. The van der Waals surface area contributed by atoms with E-state index in [4.69, 9.17) is 0 Å². The number of hydrogen-bond donors (Lipinski definition) is 3. The van der Waals surface area contributed by atoms with E-state index in [-0.39, 0.29) is 23.6 Å². The van der Waals surface area contributed by atoms with E-state index in [2.05, 4.69) is 20.7 Å². The van der Waals surface area contributed by atoms with Crippen LogP contribution < -0.4 is 10.6 Å². The summed E-state index contributed by atoms with van der Waals surface area (Å²) < 4.78 is 1.20. The predicted octanol–water partition coefficient (Wildman–Crippen LogP) is 2.50. The van der Waals surface area contributed by atoms with Gasteiger partial charge in [0, 0.05) is 11.6 Å². The van der Waals surface area contributed by atoms with Gasteiger partial charge in [0.05, 0.1) is 5.69 Å². The maximum absolute atomic E-state index is 12.2. The standard InChI is InChI=1S/C17H17N5O3/c1-10(2)18-12-8-9-13(16(24)25)22-14(12)19-17(21-22)20-15(23)11-6-4-3-5-7-11/h3-10,18H,1-2H3,(H,24,25)(H,20,21,23). The van der Waals surface area contributed by atoms with E-state index < -0.39 is 5.97 Å². The summed E-state index contributed by atoms with van der Waals surface area (Å²) in [4.78, 5) is 27.9. The highest BCUT2D eigenvalue weighted by Gasteiger charge is 2.17. The van der Waals surface area contributed by atoms with E-state index in [9.17, 15) is 14.7 Å². The van der Waals surface area contributed by atoms with Gasteiger partial charge in [0.15, 0.2) is 11.3 Å². The van der Waals surface area contributed by atoms with Crippen molar-refractivity contribution in [2.24, 2.45) is 0 Å². The molecule has 0 aliphatic rings. The Morgan fingerprint density at radius 2 is 1.84 bits per heavy atom. The van der Waals surface area contributed by atoms with E-state index in [0.717, 1.165) is 0 Å². The number of aromatic nitrogens is 3. The van der Waals surface area contributed by atoms with E-state index in [0.29, 0.717) is 16.9 Å². The molecule has 25 heavy (non-hydrogen) atoms. The minimum Gasteiger partial charge on any atom is -0.477 e. The van der Waals surface area contributed by atoms with Crippen LogP contribution in [0.3, 0.4) is 0 Å². The first-order valence-electron chi connectivity index (χ1n) is 7.71. The van der Waals surface area contributed by atoms with Gasteiger partial charge in [-0.15, -0.1) is 5.10 Å². The molecule has 0 saturated heterocycles. The lowest BCUT2D eigenvalue weighted by Gasteiger charge is -2.10. The molecule has 0 unspecified atom stereocenters. The first-order valence-corrected chi connectivity index (χ1v) is 7.71. The number of carbonyl (C=O) groups excluding carboxylic acids is 1. The lowest BCUT2D eigenvalue weighted by molar-refractivity contribution is 0.0687. The van der Waals surface area contributed by atoms with Gasteiger partial charge in [-0.1, -0.05) is 18.2 Å². The molecule has 0 aliphatic heterocycles. The number of nitrogens with one attached hydrogen (secondary N) is 2. The van der Waals surface area contributed by atoms with Gasteiger partial charge < -0.3 is 10.4 Å². The zero-order valence-electron chi connectivity index (χ0n) is 13.7. The Kier molecular flexibility index (Phi) is 4.34. The number of pyridine rings is 1. The maximum atomic E-state index is 12.2. The molecule has 0 atom stereocenters. The van der Waals surface area contributed by atoms with Crippen LogP contribution in [0, 0.1) is 0 Å². The number of nitrogens with zero attached hydrogens (tertiary/aromatic N) is 3. The molecule has 3 N–H and O–H groups in total. The minimum absolute atomic E-state index is 0.0364. The number of carboxylic acids is 1. The first kappa shape index (κ1) is 16.4. The fraction of sp³-hybridized carbons (Fsp3) is 0.176. The molecule has 128 valence electrons. The number of fused-ring (bicyclic) bond motifs is 1. The number of amides is 1. The Labute approximate surface area is 143 Å². The van der Waals surface area contributed by atoms with Crippen molar-refractivity contribution in [1.29, 1.82) is 0 Å². The second kappa shape index (κ2) is 6.60. The van der Waals surface area contributed by atoms with Crippen LogP contribution in [-0.2, 0) is 0 Å². The van der Waals surface area contributed by atoms with E-state index >= 15 is 0 Å². The van der Waals surface area contributed by atoms with Crippen LogP contribution in [0.1, 0.15) is 34.7 Å². The van der Waals surface area contributed by atoms with Crippen molar-refractivity contribution in [1.82, 2.24) is 14.6 Å². The summed E-state index contributed by atoms with van der Waals surface area (Å²) in [6.45, 7) is 3.91. The molecule has 8 heteroatoms. The summed E-state index contributed by atoms with van der Waals surface area (Å²) in [6.07, 6.45) is 0. The Balaban J connectivity index is 2.01. The molecule has 8 nitrogen and oxygen atoms in total. The fourth-order valence-corrected chi connectivity index (χ4v) is 2.36. The second-order valence-corrected chi connectivity index (χ2v) is 5.73. The van der Waals surface area contributed by atoms with Crippen molar-refractivity contribution >= 4 is 29.2 Å². The average molecular weight is 339 g/mol. The lowest BCUT2D eigenvalue weighted by Crippen LogP contribution is -2.13. The number of hydrogen-bond acceptors (Lipinski definition) is 5. The summed E-state index contributed by atoms with van der Waals surface area (Å²) in [5.74, 6) is -1.46. The SMILES string of the molecule is CC(C)Nc1ccc(C(=O)O)n2nc(NC(=O)c3ccccc3)nc12. The van der Waals surface area contributed by atoms with Gasteiger partial charge in [-0.2, -0.15) is 4.98 Å². The Hall–Kier alpha value is -3.42. The number of carbonyl (C=O) groups is 2. The van der Waals surface area contributed by atoms with Crippen molar-refractivity contribution in [3.63, 3.8) is 0 Å². The highest BCUT2D eigenvalue weighted by Crippen LogP contribution is 2.20. The molecule has 3 rings (SSSR count). The molecular weight excluding hydrogens is 322 g/mol. The van der Waals surface area contributed by atoms with Crippen molar-refractivity contribution < 1.29 is 14.7 Å². The second-order valence-electron chi connectivity index (χ2n) is 5.73. The van der Waals surface area contributed by atoms with Crippen LogP contribution >= 0.6 is 0 Å². The number of benzene rings is 1. The lowest BCUT2D eigenvalue weighted by atomic mass is 10.2. The molecule has 1 aromatic carbocycles. The molecular formula is C17H17N5O3. The van der Waals surface area contributed by atoms with Gasteiger partial charge in [0.2, 0.25) is 5.95 Å². The summed E-state index contributed by atoms with van der Waals surface area (Å²) in [5, 5.41) is 19.2. The van der Waals surface area contributed by atoms with Crippen LogP contribution in [0.4, 0.5) is 11.6 Å². The summed E-state index contributed by atoms with van der Waals surface area (Å²) in [6, 6.07) is 11.8. The first-order chi connectivity index (χ1) is 12.0. The number of rotatable bonds is 5. The maximum Gasteiger partial charge on any atom is 0.354 e. The highest BCUT2D eigenvalue weighted by molar-refractivity contribution is 6.03. The molecule has 0 fully saturated rings. The molecule has 2 aromatic heterocycles. The zero-order chi connectivity index (χ0) is 18.0. The van der Waals surface area contributed by atoms with Crippen molar-refractivity contribution in [2.45, 2.75) is 19.9 Å². The average Bonchev–Trinajstić information content (AvgIpc) is 2.99. The smallest absolute Gasteiger partial charge is 0.354 e. The fourth-order valence-electron chi connectivity index (χ4n) is 2.36. The van der Waals surface area contributed by atoms with E-state index in [1.54, 1.807) is 30.3 Å². The van der Waals surface area contributed by atoms with Crippen LogP contribution in [-0.4, -0.2) is 37.6 Å². The van der Waals surface area contributed by atoms with Crippen molar-refractivity contribution in [3.05, 3.63) is 53.7 Å². The molecule has 0 bridgehead atoms. The molecule has 0 aliphatic carbocycles. The summed E-state index contributed by atoms with van der Waals surface area (Å²) in [7, 11) is 0. The van der Waals surface area contributed by atoms with E-state index in [1.165, 1.54) is 10.6 Å².